The highest BCUT2D eigenvalue weighted by Gasteiger charge is 2.51. The fourth-order valence-electron chi connectivity index (χ4n) is 3.49. The number of ether oxygens (including phenoxy) is 5. The van der Waals surface area contributed by atoms with Crippen LogP contribution in [0.3, 0.4) is 0 Å². The van der Waals surface area contributed by atoms with E-state index in [2.05, 4.69) is 4.98 Å². The van der Waals surface area contributed by atoms with Gasteiger partial charge in [-0.05, 0) is 5.56 Å². The highest BCUT2D eigenvalue weighted by molar-refractivity contribution is 5.83. The van der Waals surface area contributed by atoms with Crippen molar-refractivity contribution in [3.8, 4) is 0 Å². The van der Waals surface area contributed by atoms with Gasteiger partial charge in [-0.1, -0.05) is 30.3 Å². The summed E-state index contributed by atoms with van der Waals surface area (Å²) in [6.45, 7) is 2.77. The first kappa shape index (κ1) is 27.3. The molecule has 1 fully saturated rings. The maximum Gasteiger partial charge on any atom is 0.413 e. The van der Waals surface area contributed by atoms with Gasteiger partial charge in [0.25, 0.3) is 0 Å². The second-order valence-corrected chi connectivity index (χ2v) is 7.83. The summed E-state index contributed by atoms with van der Waals surface area (Å²) < 4.78 is 41.5. The lowest BCUT2D eigenvalue weighted by molar-refractivity contribution is -0.166. The van der Waals surface area contributed by atoms with E-state index in [4.69, 9.17) is 23.7 Å². The van der Waals surface area contributed by atoms with Crippen LogP contribution in [-0.4, -0.2) is 58.5 Å². The number of halogens is 1. The van der Waals surface area contributed by atoms with E-state index in [1.807, 2.05) is 5.32 Å². The average Bonchev–Trinajstić information content (AvgIpc) is 3.14. The Kier molecular flexibility index (Phi) is 8.90. The summed E-state index contributed by atoms with van der Waals surface area (Å²) in [6, 6.07) is 8.70. The van der Waals surface area contributed by atoms with Gasteiger partial charge in [0, 0.05) is 20.8 Å². The number of aromatic nitrogens is 2. The Morgan fingerprint density at radius 2 is 1.65 bits per heavy atom. The third-order valence-electron chi connectivity index (χ3n) is 4.95. The molecule has 0 saturated carbocycles. The Morgan fingerprint density at radius 1 is 1.00 bits per heavy atom. The minimum absolute atomic E-state index is 0.105. The number of benzene rings is 1. The lowest BCUT2D eigenvalue weighted by atomic mass is 10.1. The fraction of sp³-hybridized carbons (Fsp3) is 0.391. The second-order valence-electron chi connectivity index (χ2n) is 7.83. The van der Waals surface area contributed by atoms with Crippen LogP contribution in [0.15, 0.2) is 41.3 Å². The Balaban J connectivity index is 1.83. The molecule has 4 atom stereocenters. The molecule has 13 nitrogen and oxygen atoms in total. The van der Waals surface area contributed by atoms with Crippen molar-refractivity contribution in [1.29, 1.82) is 0 Å². The summed E-state index contributed by atoms with van der Waals surface area (Å²) in [5, 5.41) is 2.05. The highest BCUT2D eigenvalue weighted by atomic mass is 19.1. The van der Waals surface area contributed by atoms with Gasteiger partial charge in [0.2, 0.25) is 0 Å². The van der Waals surface area contributed by atoms with Crippen molar-refractivity contribution in [3.63, 3.8) is 0 Å². The largest absolute Gasteiger partial charge is 0.463 e. The van der Waals surface area contributed by atoms with E-state index in [1.54, 1.807) is 30.3 Å². The van der Waals surface area contributed by atoms with Crippen LogP contribution in [0.5, 0.6) is 0 Å². The van der Waals surface area contributed by atoms with Crippen LogP contribution in [0.2, 0.25) is 0 Å². The first-order valence-corrected chi connectivity index (χ1v) is 10.9. The molecule has 0 spiro atoms. The molecule has 0 bridgehead atoms. The van der Waals surface area contributed by atoms with E-state index in [0.717, 1.165) is 20.8 Å². The fourth-order valence-corrected chi connectivity index (χ4v) is 3.49. The Bertz CT molecular complexity index is 1220. The molecule has 0 aliphatic carbocycles. The zero-order chi connectivity index (χ0) is 27.1. The quantitative estimate of drug-likeness (QED) is 0.395. The van der Waals surface area contributed by atoms with Crippen molar-refractivity contribution in [3.05, 3.63) is 58.4 Å². The molecule has 1 saturated heterocycles. The van der Waals surface area contributed by atoms with Crippen LogP contribution in [0.4, 0.5) is 15.0 Å². The molecule has 2 heterocycles. The van der Waals surface area contributed by atoms with Gasteiger partial charge in [-0.2, -0.15) is 4.98 Å². The van der Waals surface area contributed by atoms with Crippen LogP contribution in [0.25, 0.3) is 0 Å². The summed E-state index contributed by atoms with van der Waals surface area (Å²) in [5.74, 6) is -4.12. The molecule has 14 heteroatoms. The van der Waals surface area contributed by atoms with Crippen molar-refractivity contribution in [2.75, 3.05) is 11.9 Å². The van der Waals surface area contributed by atoms with Crippen LogP contribution in [-0.2, 0) is 44.7 Å². The Labute approximate surface area is 209 Å². The summed E-state index contributed by atoms with van der Waals surface area (Å²) in [7, 11) is 0. The number of hydrogen-bond donors (Lipinski definition) is 1. The first-order chi connectivity index (χ1) is 17.5. The molecule has 1 aromatic carbocycles. The molecule has 1 N–H and O–H groups in total. The maximum atomic E-state index is 14.8. The molecule has 1 amide bonds. The number of anilines is 1. The van der Waals surface area contributed by atoms with Gasteiger partial charge >= 0.3 is 29.7 Å². The third kappa shape index (κ3) is 7.33. The van der Waals surface area contributed by atoms with Crippen molar-refractivity contribution >= 4 is 29.8 Å². The van der Waals surface area contributed by atoms with Crippen molar-refractivity contribution in [2.45, 2.75) is 51.9 Å². The van der Waals surface area contributed by atoms with Crippen LogP contribution >= 0.6 is 0 Å². The number of amides is 1. The molecule has 1 aromatic heterocycles. The zero-order valence-corrected chi connectivity index (χ0v) is 20.0. The summed E-state index contributed by atoms with van der Waals surface area (Å²) >= 11 is 0. The number of nitrogens with zero attached hydrogens (tertiary/aromatic N) is 2. The molecular weight excluding hydrogens is 497 g/mol. The average molecular weight is 521 g/mol. The van der Waals surface area contributed by atoms with Gasteiger partial charge < -0.3 is 23.7 Å². The van der Waals surface area contributed by atoms with E-state index in [9.17, 15) is 28.4 Å². The number of carbonyl (C=O) groups is 4. The topological polar surface area (TPSA) is 161 Å². The van der Waals surface area contributed by atoms with E-state index in [0.29, 0.717) is 16.3 Å². The van der Waals surface area contributed by atoms with Gasteiger partial charge in [0.05, 0.1) is 6.20 Å². The van der Waals surface area contributed by atoms with E-state index >= 15 is 0 Å². The normalized spacial score (nSPS) is 20.5. The lowest BCUT2D eigenvalue weighted by Crippen LogP contribution is -2.42. The molecule has 0 unspecified atom stereocenters. The van der Waals surface area contributed by atoms with E-state index < -0.39 is 72.5 Å². The monoisotopic (exact) mass is 521 g/mol. The number of nitrogens with one attached hydrogen (secondary N) is 1. The minimum atomic E-state index is -1.51. The van der Waals surface area contributed by atoms with Gasteiger partial charge in [-0.15, -0.1) is 0 Å². The van der Waals surface area contributed by atoms with Crippen LogP contribution in [0.1, 0.15) is 32.6 Å². The summed E-state index contributed by atoms with van der Waals surface area (Å²) in [6.07, 6.45) is -5.78. The minimum Gasteiger partial charge on any atom is -0.463 e. The Hall–Kier alpha value is -4.33. The predicted molar refractivity (Wildman–Crippen MR) is 120 cm³/mol. The zero-order valence-electron chi connectivity index (χ0n) is 20.0. The molecule has 198 valence electrons. The summed E-state index contributed by atoms with van der Waals surface area (Å²) in [5.41, 5.74) is -0.418. The summed E-state index contributed by atoms with van der Waals surface area (Å²) in [4.78, 5) is 63.0. The molecule has 2 aromatic rings. The second kappa shape index (κ2) is 12.1. The van der Waals surface area contributed by atoms with Crippen molar-refractivity contribution in [1.82, 2.24) is 9.55 Å². The lowest BCUT2D eigenvalue weighted by Gasteiger charge is -2.24. The third-order valence-corrected chi connectivity index (χ3v) is 4.95. The molecule has 3 rings (SSSR count). The first-order valence-electron chi connectivity index (χ1n) is 10.9. The maximum absolute atomic E-state index is 14.8. The molecule has 1 aliphatic heterocycles. The number of hydrogen-bond acceptors (Lipinski definition) is 11. The smallest absolute Gasteiger partial charge is 0.413 e. The van der Waals surface area contributed by atoms with Gasteiger partial charge in [-0.25, -0.2) is 14.0 Å². The highest BCUT2D eigenvalue weighted by Crippen LogP contribution is 2.34. The number of rotatable bonds is 8. The predicted octanol–water partition coefficient (Wildman–Crippen LogP) is 1.45. The number of esters is 3. The SMILES string of the molecule is CC(=O)OC[C@H]1O[C@@H](n2cc(F)c(NC(=O)OCc3ccccc3)nc2=O)[C@H](OC(C)=O)[C@@H]1OC(C)=O. The standard InChI is InChI=1S/C23H24FN3O10/c1-12(28)33-11-17-18(35-13(2)29)19(36-14(3)30)21(37-17)27-9-16(24)20(25-22(27)31)26-23(32)34-10-15-7-5-4-6-8-15/h4-9,17-19,21H,10-11H2,1-3H3,(H,25,26,31,32)/t17-,18-,19-,21-/m1/s1. The van der Waals surface area contributed by atoms with Crippen molar-refractivity contribution < 1.29 is 47.3 Å². The van der Waals surface area contributed by atoms with Crippen molar-refractivity contribution in [2.24, 2.45) is 0 Å². The molecule has 1 aliphatic rings. The van der Waals surface area contributed by atoms with Gasteiger partial charge in [0.15, 0.2) is 30.1 Å². The van der Waals surface area contributed by atoms with Crippen LogP contribution in [0, 0.1) is 5.82 Å². The molecular formula is C23H24FN3O10. The molecule has 37 heavy (non-hydrogen) atoms. The Morgan fingerprint density at radius 3 is 2.27 bits per heavy atom. The molecule has 0 radical (unpaired) electrons. The van der Waals surface area contributed by atoms with Crippen LogP contribution < -0.4 is 11.0 Å². The van der Waals surface area contributed by atoms with E-state index in [-0.39, 0.29) is 6.61 Å². The number of carbonyl (C=O) groups excluding carboxylic acids is 4. The van der Waals surface area contributed by atoms with E-state index in [1.165, 1.54) is 0 Å². The van der Waals surface area contributed by atoms with Gasteiger partial charge in [-0.3, -0.25) is 24.3 Å². The van der Waals surface area contributed by atoms with Gasteiger partial charge in [0.1, 0.15) is 19.3 Å².